The van der Waals surface area contributed by atoms with Gasteiger partial charge in [-0.1, -0.05) is 275 Å². The van der Waals surface area contributed by atoms with Gasteiger partial charge in [0.25, 0.3) is 0 Å². The van der Waals surface area contributed by atoms with E-state index in [1.807, 2.05) is 0 Å². The van der Waals surface area contributed by atoms with Gasteiger partial charge in [0.2, 0.25) is 0 Å². The maximum Gasteiger partial charge on any atom is 0.306 e. The van der Waals surface area contributed by atoms with Gasteiger partial charge in [0.1, 0.15) is 13.2 Å². The van der Waals surface area contributed by atoms with E-state index in [0.717, 1.165) is 70.6 Å². The molecule has 0 aliphatic carbocycles. The molecule has 0 saturated heterocycles. The SMILES string of the molecule is CCCCCCC/C=C\C/C=C\C/C=C\CCCCCCCCCCCCCCCCC(=O)OCC(COC(=O)CCCCCCCCC)OC(=O)CCCCCCCCC/C=C\CCCCCCCC. The number of carbonyl (C=O) groups is 3. The predicted molar refractivity (Wildman–Crippen MR) is 307 cm³/mol. The van der Waals surface area contributed by atoms with Gasteiger partial charge < -0.3 is 14.2 Å². The van der Waals surface area contributed by atoms with E-state index in [-0.39, 0.29) is 31.1 Å². The second-order valence-corrected chi connectivity index (χ2v) is 21.0. The summed E-state index contributed by atoms with van der Waals surface area (Å²) >= 11 is 0. The standard InChI is InChI=1S/C65H118O6/c1-4-7-10-13-16-18-20-22-24-26-27-28-29-30-31-32-33-34-35-36-37-39-40-42-44-46-49-52-55-58-64(67)70-61-62(60-69-63(66)57-54-51-48-15-12-9-6-3)71-65(68)59-56-53-50-47-45-43-41-38-25-23-21-19-17-14-11-8-5-2/h20,22-23,25-27,29-30,62H,4-19,21,24,28,31-61H2,1-3H3/b22-20-,25-23-,27-26-,30-29-. The Hall–Kier alpha value is -2.63. The quantitative estimate of drug-likeness (QED) is 0.0261. The Labute approximate surface area is 441 Å². The van der Waals surface area contributed by atoms with E-state index in [2.05, 4.69) is 69.4 Å². The van der Waals surface area contributed by atoms with Crippen LogP contribution in [-0.2, 0) is 28.6 Å². The molecule has 0 amide bonds. The van der Waals surface area contributed by atoms with Crippen molar-refractivity contribution in [1.82, 2.24) is 0 Å². The minimum atomic E-state index is -0.771. The third kappa shape index (κ3) is 58.1. The van der Waals surface area contributed by atoms with Crippen molar-refractivity contribution in [1.29, 1.82) is 0 Å². The molecular formula is C65H118O6. The Morgan fingerprint density at radius 2 is 0.507 bits per heavy atom. The number of esters is 3. The van der Waals surface area contributed by atoms with E-state index in [1.165, 1.54) is 218 Å². The number of allylic oxidation sites excluding steroid dienone is 8. The van der Waals surface area contributed by atoms with Crippen LogP contribution in [0.2, 0.25) is 0 Å². The summed E-state index contributed by atoms with van der Waals surface area (Å²) in [5, 5.41) is 0. The molecule has 0 N–H and O–H groups in total. The Bertz CT molecular complexity index is 1230. The van der Waals surface area contributed by atoms with E-state index in [1.54, 1.807) is 0 Å². The van der Waals surface area contributed by atoms with Crippen molar-refractivity contribution in [2.45, 2.75) is 335 Å². The van der Waals surface area contributed by atoms with Gasteiger partial charge >= 0.3 is 17.9 Å². The lowest BCUT2D eigenvalue weighted by Gasteiger charge is -2.18. The number of hydrogen-bond donors (Lipinski definition) is 0. The summed E-state index contributed by atoms with van der Waals surface area (Å²) in [6.45, 7) is 6.61. The lowest BCUT2D eigenvalue weighted by atomic mass is 10.0. The molecule has 0 heterocycles. The topological polar surface area (TPSA) is 78.9 Å². The number of rotatable bonds is 57. The van der Waals surface area contributed by atoms with Crippen LogP contribution in [0.5, 0.6) is 0 Å². The first kappa shape index (κ1) is 68.4. The third-order valence-electron chi connectivity index (χ3n) is 13.8. The van der Waals surface area contributed by atoms with Gasteiger partial charge in [-0.2, -0.15) is 0 Å². The van der Waals surface area contributed by atoms with Crippen LogP contribution in [-0.4, -0.2) is 37.2 Å². The predicted octanol–water partition coefficient (Wildman–Crippen LogP) is 21.0. The lowest BCUT2D eigenvalue weighted by Crippen LogP contribution is -2.30. The maximum atomic E-state index is 12.8. The number of carbonyl (C=O) groups excluding carboxylic acids is 3. The van der Waals surface area contributed by atoms with Crippen LogP contribution in [0.25, 0.3) is 0 Å². The van der Waals surface area contributed by atoms with Gasteiger partial charge in [-0.25, -0.2) is 0 Å². The molecule has 0 spiro atoms. The fraction of sp³-hybridized carbons (Fsp3) is 0.831. The first-order valence-electron chi connectivity index (χ1n) is 31.1. The molecule has 414 valence electrons. The average molecular weight is 996 g/mol. The summed E-state index contributed by atoms with van der Waals surface area (Å²) in [5.41, 5.74) is 0. The van der Waals surface area contributed by atoms with Crippen LogP contribution in [0.1, 0.15) is 329 Å². The summed E-state index contributed by atoms with van der Waals surface area (Å²) in [7, 11) is 0. The first-order chi connectivity index (χ1) is 35.0. The van der Waals surface area contributed by atoms with Crippen molar-refractivity contribution in [3.05, 3.63) is 48.6 Å². The summed E-state index contributed by atoms with van der Waals surface area (Å²) in [6.07, 6.45) is 74.3. The van der Waals surface area contributed by atoms with Gasteiger partial charge in [0.15, 0.2) is 6.10 Å². The highest BCUT2D eigenvalue weighted by Crippen LogP contribution is 2.17. The molecule has 71 heavy (non-hydrogen) atoms. The Morgan fingerprint density at radius 3 is 0.803 bits per heavy atom. The Balaban J connectivity index is 4.07. The highest BCUT2D eigenvalue weighted by molar-refractivity contribution is 5.71. The first-order valence-corrected chi connectivity index (χ1v) is 31.1. The van der Waals surface area contributed by atoms with Crippen molar-refractivity contribution < 1.29 is 28.6 Å². The summed E-state index contributed by atoms with van der Waals surface area (Å²) in [4.78, 5) is 38.0. The second kappa shape index (κ2) is 59.9. The molecule has 0 aromatic carbocycles. The second-order valence-electron chi connectivity index (χ2n) is 21.0. The lowest BCUT2D eigenvalue weighted by molar-refractivity contribution is -0.167. The van der Waals surface area contributed by atoms with E-state index in [9.17, 15) is 14.4 Å². The largest absolute Gasteiger partial charge is 0.462 e. The summed E-state index contributed by atoms with van der Waals surface area (Å²) < 4.78 is 16.8. The average Bonchev–Trinajstić information content (AvgIpc) is 3.37. The third-order valence-corrected chi connectivity index (χ3v) is 13.8. The van der Waals surface area contributed by atoms with Crippen molar-refractivity contribution in [2.24, 2.45) is 0 Å². The molecule has 0 fully saturated rings. The zero-order valence-corrected chi connectivity index (χ0v) is 47.5. The Morgan fingerprint density at radius 1 is 0.282 bits per heavy atom. The molecule has 0 aliphatic heterocycles. The highest BCUT2D eigenvalue weighted by atomic mass is 16.6. The summed E-state index contributed by atoms with van der Waals surface area (Å²) in [6, 6.07) is 0. The van der Waals surface area contributed by atoms with E-state index in [4.69, 9.17) is 14.2 Å². The van der Waals surface area contributed by atoms with Crippen LogP contribution >= 0.6 is 0 Å². The van der Waals surface area contributed by atoms with Gasteiger partial charge in [-0.15, -0.1) is 0 Å². The van der Waals surface area contributed by atoms with Crippen molar-refractivity contribution in [3.8, 4) is 0 Å². The fourth-order valence-electron chi connectivity index (χ4n) is 9.09. The smallest absolute Gasteiger partial charge is 0.306 e. The molecule has 6 nitrogen and oxygen atoms in total. The molecule has 0 saturated carbocycles. The molecule has 0 rings (SSSR count). The maximum absolute atomic E-state index is 12.8. The van der Waals surface area contributed by atoms with E-state index in [0.29, 0.717) is 19.3 Å². The number of hydrogen-bond acceptors (Lipinski definition) is 6. The zero-order chi connectivity index (χ0) is 51.4. The molecule has 1 atom stereocenters. The Kier molecular flexibility index (Phi) is 57.7. The van der Waals surface area contributed by atoms with Crippen molar-refractivity contribution >= 4 is 17.9 Å². The van der Waals surface area contributed by atoms with E-state index >= 15 is 0 Å². The van der Waals surface area contributed by atoms with Gasteiger partial charge in [0, 0.05) is 19.3 Å². The van der Waals surface area contributed by atoms with Crippen LogP contribution < -0.4 is 0 Å². The molecule has 0 aliphatic rings. The summed E-state index contributed by atoms with van der Waals surface area (Å²) in [5.74, 6) is -0.868. The highest BCUT2D eigenvalue weighted by Gasteiger charge is 2.19. The minimum Gasteiger partial charge on any atom is -0.462 e. The zero-order valence-electron chi connectivity index (χ0n) is 47.5. The molecule has 0 radical (unpaired) electrons. The normalized spacial score (nSPS) is 12.3. The fourth-order valence-corrected chi connectivity index (χ4v) is 9.09. The van der Waals surface area contributed by atoms with Gasteiger partial charge in [-0.3, -0.25) is 14.4 Å². The molecule has 0 aromatic rings. The van der Waals surface area contributed by atoms with Gasteiger partial charge in [0.05, 0.1) is 0 Å². The molecular weight excluding hydrogens is 877 g/mol. The molecule has 6 heteroatoms. The van der Waals surface area contributed by atoms with Crippen LogP contribution in [0, 0.1) is 0 Å². The molecule has 1 unspecified atom stereocenters. The van der Waals surface area contributed by atoms with Gasteiger partial charge in [-0.05, 0) is 83.5 Å². The molecule has 0 bridgehead atoms. The van der Waals surface area contributed by atoms with Crippen molar-refractivity contribution in [3.63, 3.8) is 0 Å². The number of unbranched alkanes of at least 4 members (excludes halogenated alkanes) is 38. The minimum absolute atomic E-state index is 0.0720. The number of ether oxygens (including phenoxy) is 3. The monoisotopic (exact) mass is 995 g/mol. The molecule has 0 aromatic heterocycles. The van der Waals surface area contributed by atoms with Crippen LogP contribution in [0.15, 0.2) is 48.6 Å². The van der Waals surface area contributed by atoms with Crippen LogP contribution in [0.3, 0.4) is 0 Å². The van der Waals surface area contributed by atoms with Crippen LogP contribution in [0.4, 0.5) is 0 Å². The van der Waals surface area contributed by atoms with Crippen molar-refractivity contribution in [2.75, 3.05) is 13.2 Å². The van der Waals surface area contributed by atoms with E-state index < -0.39 is 6.10 Å².